The highest BCUT2D eigenvalue weighted by molar-refractivity contribution is 6.84. The van der Waals surface area contributed by atoms with Crippen LogP contribution in [0.5, 0.6) is 0 Å². The minimum atomic E-state index is -1.83. The summed E-state index contributed by atoms with van der Waals surface area (Å²) in [5.74, 6) is -0.0515. The van der Waals surface area contributed by atoms with E-state index in [2.05, 4.69) is 68.2 Å². The third-order valence-electron chi connectivity index (χ3n) is 5.48. The number of esters is 1. The lowest BCUT2D eigenvalue weighted by molar-refractivity contribution is -0.142. The Balaban J connectivity index is 2.27. The van der Waals surface area contributed by atoms with E-state index in [4.69, 9.17) is 4.74 Å². The van der Waals surface area contributed by atoms with E-state index >= 15 is 0 Å². The van der Waals surface area contributed by atoms with Gasteiger partial charge in [0.1, 0.15) is 0 Å². The molecule has 0 radical (unpaired) electrons. The lowest BCUT2D eigenvalue weighted by Gasteiger charge is -2.34. The minimum Gasteiger partial charge on any atom is -0.469 e. The van der Waals surface area contributed by atoms with Gasteiger partial charge < -0.3 is 4.74 Å². The van der Waals surface area contributed by atoms with Crippen LogP contribution in [0.15, 0.2) is 60.7 Å². The second-order valence-corrected chi connectivity index (χ2v) is 12.8. The van der Waals surface area contributed by atoms with Gasteiger partial charge in [0.2, 0.25) is 0 Å². The Bertz CT molecular complexity index is 664. The summed E-state index contributed by atoms with van der Waals surface area (Å²) in [6.45, 7) is 6.83. The van der Waals surface area contributed by atoms with Crippen molar-refractivity contribution in [3.05, 3.63) is 71.8 Å². The Morgan fingerprint density at radius 3 is 1.70 bits per heavy atom. The summed E-state index contributed by atoms with van der Waals surface area (Å²) in [5, 5.41) is -0.405. The standard InChI is InChI=1S/C20H24O2Si/c1-22-18(21)20(23(2,3)4)15-19(20,16-11-7-5-8-12-16)17-13-9-6-10-14-17/h5-14H,15H2,1-4H3. The predicted octanol–water partition coefficient (Wildman–Crippen LogP) is 4.63. The Kier molecular flexibility index (Phi) is 3.72. The average molecular weight is 324 g/mol. The molecule has 0 aliphatic heterocycles. The van der Waals surface area contributed by atoms with Gasteiger partial charge in [-0.1, -0.05) is 80.3 Å². The molecule has 1 fully saturated rings. The van der Waals surface area contributed by atoms with E-state index in [1.54, 1.807) is 0 Å². The lowest BCUT2D eigenvalue weighted by atomic mass is 9.85. The van der Waals surface area contributed by atoms with E-state index in [-0.39, 0.29) is 11.4 Å². The normalized spacial score (nSPS) is 22.4. The highest BCUT2D eigenvalue weighted by atomic mass is 28.3. The first-order valence-corrected chi connectivity index (χ1v) is 11.6. The van der Waals surface area contributed by atoms with Gasteiger partial charge in [0, 0.05) is 5.41 Å². The van der Waals surface area contributed by atoms with E-state index in [1.165, 1.54) is 18.2 Å². The topological polar surface area (TPSA) is 26.3 Å². The molecule has 0 spiro atoms. The first-order chi connectivity index (χ1) is 10.9. The van der Waals surface area contributed by atoms with Crippen molar-refractivity contribution in [3.8, 4) is 0 Å². The van der Waals surface area contributed by atoms with Crippen LogP contribution in [0.1, 0.15) is 17.5 Å². The summed E-state index contributed by atoms with van der Waals surface area (Å²) in [6, 6.07) is 20.9. The van der Waals surface area contributed by atoms with E-state index in [0.29, 0.717) is 0 Å². The van der Waals surface area contributed by atoms with Crippen LogP contribution < -0.4 is 0 Å². The molecule has 23 heavy (non-hydrogen) atoms. The minimum absolute atomic E-state index is 0.0515. The number of methoxy groups -OCH3 is 1. The van der Waals surface area contributed by atoms with Gasteiger partial charge in [-0.25, -0.2) is 0 Å². The zero-order valence-corrected chi connectivity index (χ0v) is 15.3. The monoisotopic (exact) mass is 324 g/mol. The van der Waals surface area contributed by atoms with Crippen LogP contribution in [-0.4, -0.2) is 21.2 Å². The van der Waals surface area contributed by atoms with Crippen LogP contribution >= 0.6 is 0 Å². The van der Waals surface area contributed by atoms with Gasteiger partial charge in [0.15, 0.2) is 0 Å². The fourth-order valence-corrected chi connectivity index (χ4v) is 7.37. The molecule has 120 valence electrons. The van der Waals surface area contributed by atoms with Gasteiger partial charge in [-0.2, -0.15) is 0 Å². The molecule has 2 aromatic carbocycles. The second kappa shape index (κ2) is 5.34. The van der Waals surface area contributed by atoms with Crippen molar-refractivity contribution in [3.63, 3.8) is 0 Å². The molecule has 2 nitrogen and oxygen atoms in total. The molecule has 0 aromatic heterocycles. The van der Waals surface area contributed by atoms with E-state index in [9.17, 15) is 4.79 Å². The first kappa shape index (κ1) is 16.0. The Morgan fingerprint density at radius 2 is 1.35 bits per heavy atom. The van der Waals surface area contributed by atoms with Gasteiger partial charge in [-0.15, -0.1) is 0 Å². The molecule has 1 aliphatic carbocycles. The molecule has 0 saturated heterocycles. The SMILES string of the molecule is COC(=O)C1([Si](C)(C)C)CC1(c1ccccc1)c1ccccc1. The molecule has 0 N–H and O–H groups in total. The molecule has 0 bridgehead atoms. The molecule has 1 atom stereocenters. The molecule has 3 rings (SSSR count). The van der Waals surface area contributed by atoms with Crippen molar-refractivity contribution >= 4 is 14.0 Å². The Morgan fingerprint density at radius 1 is 0.913 bits per heavy atom. The molecular weight excluding hydrogens is 300 g/mol. The Hall–Kier alpha value is -1.87. The van der Waals surface area contributed by atoms with Crippen molar-refractivity contribution in [2.24, 2.45) is 0 Å². The third-order valence-corrected chi connectivity index (χ3v) is 8.85. The summed E-state index contributed by atoms with van der Waals surface area (Å²) in [6.07, 6.45) is 0.844. The van der Waals surface area contributed by atoms with E-state index < -0.39 is 13.1 Å². The zero-order chi connectivity index (χ0) is 16.7. The van der Waals surface area contributed by atoms with Crippen LogP contribution in [0, 0.1) is 0 Å². The largest absolute Gasteiger partial charge is 0.469 e. The number of hydrogen-bond acceptors (Lipinski definition) is 2. The summed E-state index contributed by atoms with van der Waals surface area (Å²) < 4.78 is 5.30. The summed E-state index contributed by atoms with van der Waals surface area (Å²) >= 11 is 0. The molecule has 2 aromatic rings. The van der Waals surface area contributed by atoms with Gasteiger partial charge in [-0.3, -0.25) is 4.79 Å². The number of carbonyl (C=O) groups is 1. The van der Waals surface area contributed by atoms with Crippen LogP contribution in [0.2, 0.25) is 24.7 Å². The van der Waals surface area contributed by atoms with Crippen LogP contribution in [0.4, 0.5) is 0 Å². The molecule has 1 saturated carbocycles. The average Bonchev–Trinajstić information content (AvgIpc) is 3.29. The summed E-state index contributed by atoms with van der Waals surface area (Å²) in [5.41, 5.74) is 2.19. The Labute approximate surface area is 139 Å². The lowest BCUT2D eigenvalue weighted by Crippen LogP contribution is -2.42. The number of rotatable bonds is 4. The van der Waals surface area contributed by atoms with E-state index in [1.807, 2.05) is 12.1 Å². The van der Waals surface area contributed by atoms with Crippen LogP contribution in [0.3, 0.4) is 0 Å². The summed E-state index contributed by atoms with van der Waals surface area (Å²) in [7, 11) is -0.316. The van der Waals surface area contributed by atoms with Gasteiger partial charge in [-0.05, 0) is 17.5 Å². The fraction of sp³-hybridized carbons (Fsp3) is 0.350. The highest BCUT2D eigenvalue weighted by Gasteiger charge is 2.78. The number of carbonyl (C=O) groups excluding carboxylic acids is 1. The van der Waals surface area contributed by atoms with E-state index in [0.717, 1.165) is 6.42 Å². The molecule has 3 heteroatoms. The maximum absolute atomic E-state index is 12.9. The van der Waals surface area contributed by atoms with Crippen molar-refractivity contribution in [2.75, 3.05) is 7.11 Å². The van der Waals surface area contributed by atoms with Crippen molar-refractivity contribution in [1.29, 1.82) is 0 Å². The number of ether oxygens (including phenoxy) is 1. The maximum atomic E-state index is 12.9. The predicted molar refractivity (Wildman–Crippen MR) is 96.3 cm³/mol. The molecule has 1 aliphatic rings. The molecule has 0 amide bonds. The van der Waals surface area contributed by atoms with Crippen molar-refractivity contribution in [2.45, 2.75) is 36.5 Å². The molecule has 0 heterocycles. The molecule has 1 unspecified atom stereocenters. The van der Waals surface area contributed by atoms with Gasteiger partial charge >= 0.3 is 5.97 Å². The van der Waals surface area contributed by atoms with Gasteiger partial charge in [0.25, 0.3) is 0 Å². The third kappa shape index (κ3) is 2.10. The van der Waals surface area contributed by atoms with Crippen molar-refractivity contribution < 1.29 is 9.53 Å². The van der Waals surface area contributed by atoms with Gasteiger partial charge in [0.05, 0.1) is 20.2 Å². The van der Waals surface area contributed by atoms with Crippen LogP contribution in [-0.2, 0) is 14.9 Å². The quantitative estimate of drug-likeness (QED) is 0.605. The fourth-order valence-electron chi connectivity index (χ4n) is 4.29. The van der Waals surface area contributed by atoms with Crippen molar-refractivity contribution in [1.82, 2.24) is 0 Å². The first-order valence-electron chi connectivity index (χ1n) is 8.09. The summed E-state index contributed by atoms with van der Waals surface area (Å²) in [4.78, 5) is 12.9. The smallest absolute Gasteiger partial charge is 0.310 e. The van der Waals surface area contributed by atoms with Crippen LogP contribution in [0.25, 0.3) is 0 Å². The maximum Gasteiger partial charge on any atom is 0.310 e. The number of benzene rings is 2. The highest BCUT2D eigenvalue weighted by Crippen LogP contribution is 2.78. The second-order valence-electron chi connectivity index (χ2n) is 7.46. The molecular formula is C20H24O2Si. The zero-order valence-electron chi connectivity index (χ0n) is 14.3. The number of hydrogen-bond donors (Lipinski definition) is 0.